The number of methoxy groups -OCH3 is 1. The van der Waals surface area contributed by atoms with E-state index >= 15 is 0 Å². The van der Waals surface area contributed by atoms with E-state index in [0.29, 0.717) is 11.0 Å². The number of hydrogen-bond donors (Lipinski definition) is 0. The summed E-state index contributed by atoms with van der Waals surface area (Å²) in [6.07, 6.45) is -13.7. The molecule has 0 fully saturated rings. The van der Waals surface area contributed by atoms with E-state index in [9.17, 15) is 40.3 Å². The largest absolute Gasteiger partial charge is 0.452 e. The number of nitrogens with zero attached hydrogens (tertiary/aromatic N) is 1. The number of aryl methyl sites for hydroxylation is 1. The minimum Gasteiger partial charge on any atom is -0.452 e. The molecule has 0 radical (unpaired) electrons. The van der Waals surface area contributed by atoms with Crippen LogP contribution in [0.3, 0.4) is 0 Å². The molecule has 0 bridgehead atoms. The van der Waals surface area contributed by atoms with E-state index in [4.69, 9.17) is 0 Å². The van der Waals surface area contributed by atoms with Crippen molar-refractivity contribution in [3.8, 4) is 0 Å². The Labute approximate surface area is 137 Å². The van der Waals surface area contributed by atoms with Crippen molar-refractivity contribution >= 4 is 17.7 Å². The Hall–Kier alpha value is -2.33. The summed E-state index contributed by atoms with van der Waals surface area (Å²) in [7, 11) is 0.919. The van der Waals surface area contributed by atoms with Crippen LogP contribution in [0.25, 0.3) is 0 Å². The Kier molecular flexibility index (Phi) is 5.41. The number of alkyl halides is 7. The summed E-state index contributed by atoms with van der Waals surface area (Å²) < 4.78 is 94.9. The molecule has 11 heteroatoms. The highest BCUT2D eigenvalue weighted by molar-refractivity contribution is 6.11. The van der Waals surface area contributed by atoms with Gasteiger partial charge in [0.15, 0.2) is 0 Å². The third-order valence-electron chi connectivity index (χ3n) is 3.29. The molecular formula is C14H12F7NO3. The summed E-state index contributed by atoms with van der Waals surface area (Å²) in [4.78, 5) is 23.4. The lowest BCUT2D eigenvalue weighted by atomic mass is 9.92. The van der Waals surface area contributed by atoms with E-state index < -0.39 is 35.6 Å². The third-order valence-corrected chi connectivity index (χ3v) is 3.29. The van der Waals surface area contributed by atoms with Gasteiger partial charge in [-0.2, -0.15) is 26.3 Å². The summed E-state index contributed by atoms with van der Waals surface area (Å²) in [6.45, 7) is 1.94. The highest BCUT2D eigenvalue weighted by Gasteiger charge is 2.73. The Bertz CT molecular complexity index is 668. The lowest BCUT2D eigenvalue weighted by Gasteiger charge is -2.31. The van der Waals surface area contributed by atoms with Crippen molar-refractivity contribution in [1.29, 1.82) is 0 Å². The molecule has 0 aliphatic carbocycles. The van der Waals surface area contributed by atoms with Crippen molar-refractivity contribution in [1.82, 2.24) is 0 Å². The molecule has 1 aromatic rings. The number of anilines is 1. The maximum absolute atomic E-state index is 14.0. The zero-order valence-corrected chi connectivity index (χ0v) is 13.0. The molecular weight excluding hydrogens is 363 g/mol. The fourth-order valence-corrected chi connectivity index (χ4v) is 2.10. The van der Waals surface area contributed by atoms with E-state index in [2.05, 4.69) is 4.74 Å². The highest BCUT2D eigenvalue weighted by Crippen LogP contribution is 2.53. The smallest absolute Gasteiger partial charge is 0.435 e. The molecule has 0 aliphatic rings. The first-order valence-electron chi connectivity index (χ1n) is 6.50. The number of halogens is 7. The average Bonchev–Trinajstić information content (AvgIpc) is 2.45. The van der Waals surface area contributed by atoms with Gasteiger partial charge in [-0.05, 0) is 18.6 Å². The maximum atomic E-state index is 14.0. The quantitative estimate of drug-likeness (QED) is 0.720. The van der Waals surface area contributed by atoms with Gasteiger partial charge in [0.2, 0.25) is 5.91 Å². The van der Waals surface area contributed by atoms with Crippen molar-refractivity contribution in [2.75, 3.05) is 12.0 Å². The highest BCUT2D eigenvalue weighted by atomic mass is 19.4. The molecule has 0 N–H and O–H groups in total. The molecule has 0 saturated carbocycles. The molecule has 25 heavy (non-hydrogen) atoms. The molecule has 0 saturated heterocycles. The van der Waals surface area contributed by atoms with Crippen molar-refractivity contribution in [3.63, 3.8) is 0 Å². The number of ether oxygens (including phenoxy) is 1. The van der Waals surface area contributed by atoms with E-state index in [1.165, 1.54) is 0 Å². The summed E-state index contributed by atoms with van der Waals surface area (Å²) in [5.41, 5.74) is -8.03. The van der Waals surface area contributed by atoms with Crippen LogP contribution in [-0.2, 0) is 15.2 Å². The predicted molar refractivity (Wildman–Crippen MR) is 71.6 cm³/mol. The van der Waals surface area contributed by atoms with E-state index in [1.54, 1.807) is 0 Å². The zero-order chi connectivity index (χ0) is 19.8. The van der Waals surface area contributed by atoms with Crippen LogP contribution in [0.15, 0.2) is 18.2 Å². The first kappa shape index (κ1) is 20.7. The Balaban J connectivity index is 3.57. The van der Waals surface area contributed by atoms with Crippen LogP contribution in [0, 0.1) is 6.92 Å². The number of benzene rings is 1. The molecule has 2 amide bonds. The average molecular weight is 375 g/mol. The van der Waals surface area contributed by atoms with Crippen molar-refractivity contribution in [3.05, 3.63) is 29.3 Å². The Morgan fingerprint density at radius 2 is 1.48 bits per heavy atom. The van der Waals surface area contributed by atoms with Crippen LogP contribution in [0.5, 0.6) is 0 Å². The van der Waals surface area contributed by atoms with Crippen LogP contribution in [-0.4, -0.2) is 31.5 Å². The Morgan fingerprint density at radius 3 is 1.80 bits per heavy atom. The minimum atomic E-state index is -6.26. The first-order valence-corrected chi connectivity index (χ1v) is 6.50. The number of amides is 2. The van der Waals surface area contributed by atoms with Crippen molar-refractivity contribution < 1.29 is 45.1 Å². The van der Waals surface area contributed by atoms with Crippen molar-refractivity contribution in [2.45, 2.75) is 31.9 Å². The number of carbonyl (C=O) groups excluding carboxylic acids is 2. The zero-order valence-electron chi connectivity index (χ0n) is 13.0. The van der Waals surface area contributed by atoms with E-state index in [0.717, 1.165) is 21.0 Å². The number of imide groups is 1. The molecule has 140 valence electrons. The molecule has 1 aromatic carbocycles. The van der Waals surface area contributed by atoms with Crippen LogP contribution in [0.2, 0.25) is 0 Å². The van der Waals surface area contributed by atoms with Gasteiger partial charge in [0.1, 0.15) is 0 Å². The second-order valence-corrected chi connectivity index (χ2v) is 4.98. The van der Waals surface area contributed by atoms with Crippen LogP contribution in [0.4, 0.5) is 41.2 Å². The topological polar surface area (TPSA) is 46.6 Å². The van der Waals surface area contributed by atoms with Gasteiger partial charge in [0, 0.05) is 12.5 Å². The molecule has 0 aliphatic heterocycles. The molecule has 1 rings (SSSR count). The lowest BCUT2D eigenvalue weighted by molar-refractivity contribution is -0.348. The summed E-state index contributed by atoms with van der Waals surface area (Å²) >= 11 is 0. The Morgan fingerprint density at radius 1 is 1.00 bits per heavy atom. The van der Waals surface area contributed by atoms with Crippen LogP contribution in [0.1, 0.15) is 18.1 Å². The normalized spacial score (nSPS) is 12.7. The summed E-state index contributed by atoms with van der Waals surface area (Å²) in [6, 6.07) is 1.09. The van der Waals surface area contributed by atoms with Gasteiger partial charge in [-0.1, -0.05) is 12.1 Å². The minimum absolute atomic E-state index is 0.211. The second-order valence-electron chi connectivity index (χ2n) is 4.98. The number of carbonyl (C=O) groups is 2. The fourth-order valence-electron chi connectivity index (χ4n) is 2.10. The molecule has 0 aromatic heterocycles. The standard InChI is InChI=1S/C14H12F7NO3/c1-7-6-9(12(15,13(16,17)18)14(19,20)21)4-5-10(7)22(8(2)23)11(24)25-3/h4-6H,1-3H3. The van der Waals surface area contributed by atoms with Gasteiger partial charge in [0.25, 0.3) is 0 Å². The molecule has 0 unspecified atom stereocenters. The number of hydrogen-bond acceptors (Lipinski definition) is 3. The van der Waals surface area contributed by atoms with Crippen LogP contribution >= 0.6 is 0 Å². The summed E-state index contributed by atoms with van der Waals surface area (Å²) in [5.74, 6) is -0.902. The molecule has 0 heterocycles. The first-order chi connectivity index (χ1) is 11.2. The van der Waals surface area contributed by atoms with Gasteiger partial charge >= 0.3 is 24.1 Å². The van der Waals surface area contributed by atoms with Gasteiger partial charge < -0.3 is 4.74 Å². The molecule has 4 nitrogen and oxygen atoms in total. The van der Waals surface area contributed by atoms with Gasteiger partial charge in [-0.15, -0.1) is 0 Å². The molecule has 0 atom stereocenters. The summed E-state index contributed by atoms with van der Waals surface area (Å²) in [5, 5.41) is 0. The van der Waals surface area contributed by atoms with E-state index in [1.807, 2.05) is 0 Å². The molecule has 0 spiro atoms. The lowest BCUT2D eigenvalue weighted by Crippen LogP contribution is -2.50. The van der Waals surface area contributed by atoms with Crippen LogP contribution < -0.4 is 4.90 Å². The van der Waals surface area contributed by atoms with Gasteiger partial charge in [-0.3, -0.25) is 4.79 Å². The fraction of sp³-hybridized carbons (Fsp3) is 0.429. The second kappa shape index (κ2) is 6.52. The maximum Gasteiger partial charge on any atom is 0.435 e. The number of rotatable bonds is 2. The van der Waals surface area contributed by atoms with E-state index in [-0.39, 0.29) is 23.4 Å². The van der Waals surface area contributed by atoms with Crippen molar-refractivity contribution in [2.24, 2.45) is 0 Å². The van der Waals surface area contributed by atoms with Gasteiger partial charge in [-0.25, -0.2) is 14.1 Å². The van der Waals surface area contributed by atoms with Gasteiger partial charge in [0.05, 0.1) is 12.8 Å². The predicted octanol–water partition coefficient (Wildman–Crippen LogP) is 4.40. The third kappa shape index (κ3) is 3.54. The SMILES string of the molecule is COC(=O)N(C(C)=O)c1ccc(C(F)(C(F)(F)F)C(F)(F)F)cc1C. The monoisotopic (exact) mass is 375 g/mol.